The molecule has 0 saturated heterocycles. The number of carbonyl (C=O) groups excluding carboxylic acids is 1. The third-order valence-electron chi connectivity index (χ3n) is 3.22. The molecule has 0 spiro atoms. The van der Waals surface area contributed by atoms with Crippen molar-refractivity contribution in [1.82, 2.24) is 15.5 Å². The molecule has 5 nitrogen and oxygen atoms in total. The van der Waals surface area contributed by atoms with Crippen molar-refractivity contribution in [1.29, 1.82) is 0 Å². The second-order valence-electron chi connectivity index (χ2n) is 4.84. The van der Waals surface area contributed by atoms with E-state index in [2.05, 4.69) is 15.5 Å². The van der Waals surface area contributed by atoms with Gasteiger partial charge in [0.05, 0.1) is 11.7 Å². The molecule has 2 heterocycles. The van der Waals surface area contributed by atoms with Crippen LogP contribution < -0.4 is 5.32 Å². The summed E-state index contributed by atoms with van der Waals surface area (Å²) in [6.07, 6.45) is 3.96. The van der Waals surface area contributed by atoms with Gasteiger partial charge in [0.15, 0.2) is 5.69 Å². The number of hydrogen-bond donors (Lipinski definition) is 1. The van der Waals surface area contributed by atoms with Crippen molar-refractivity contribution < 1.29 is 9.32 Å². The van der Waals surface area contributed by atoms with Gasteiger partial charge < -0.3 is 9.84 Å². The summed E-state index contributed by atoms with van der Waals surface area (Å²) < 4.78 is 5.17. The van der Waals surface area contributed by atoms with Gasteiger partial charge in [0.1, 0.15) is 5.76 Å². The highest BCUT2D eigenvalue weighted by Gasteiger charge is 2.29. The van der Waals surface area contributed by atoms with Crippen LogP contribution in [0.5, 0.6) is 0 Å². The van der Waals surface area contributed by atoms with Crippen LogP contribution in [0.4, 0.5) is 0 Å². The van der Waals surface area contributed by atoms with Gasteiger partial charge in [-0.25, -0.2) is 0 Å². The van der Waals surface area contributed by atoms with Gasteiger partial charge in [-0.2, -0.15) is 0 Å². The van der Waals surface area contributed by atoms with Crippen molar-refractivity contribution >= 4 is 5.91 Å². The molecule has 0 unspecified atom stereocenters. The van der Waals surface area contributed by atoms with E-state index in [1.807, 2.05) is 25.1 Å². The number of carbonyl (C=O) groups is 1. The van der Waals surface area contributed by atoms with Gasteiger partial charge >= 0.3 is 0 Å². The lowest BCUT2D eigenvalue weighted by Crippen LogP contribution is -2.27. The van der Waals surface area contributed by atoms with E-state index < -0.39 is 0 Å². The van der Waals surface area contributed by atoms with Crippen LogP contribution in [0.15, 0.2) is 35.0 Å². The first kappa shape index (κ1) is 11.9. The van der Waals surface area contributed by atoms with Crippen LogP contribution in [0.2, 0.25) is 0 Å². The van der Waals surface area contributed by atoms with Crippen LogP contribution >= 0.6 is 0 Å². The normalized spacial score (nSPS) is 16.1. The van der Waals surface area contributed by atoms with Crippen molar-refractivity contribution in [3.05, 3.63) is 47.6 Å². The molecule has 2 aromatic rings. The minimum absolute atomic E-state index is 0.158. The molecule has 1 amide bonds. The van der Waals surface area contributed by atoms with Gasteiger partial charge in [-0.3, -0.25) is 9.78 Å². The molecule has 19 heavy (non-hydrogen) atoms. The van der Waals surface area contributed by atoms with Gasteiger partial charge in [-0.1, -0.05) is 11.2 Å². The Morgan fingerprint density at radius 2 is 2.32 bits per heavy atom. The summed E-state index contributed by atoms with van der Waals surface area (Å²) >= 11 is 0. The summed E-state index contributed by atoms with van der Waals surface area (Å²) in [6, 6.07) is 7.19. The number of hydrogen-bond acceptors (Lipinski definition) is 4. The molecule has 1 atom stereocenters. The van der Waals surface area contributed by atoms with Crippen LogP contribution in [-0.4, -0.2) is 16.0 Å². The molecule has 98 valence electrons. The molecule has 1 N–H and O–H groups in total. The van der Waals surface area contributed by atoms with Crippen molar-refractivity contribution in [2.45, 2.75) is 31.7 Å². The number of amides is 1. The zero-order valence-electron chi connectivity index (χ0n) is 10.7. The largest absolute Gasteiger partial charge is 0.360 e. The number of nitrogens with one attached hydrogen (secondary N) is 1. The molecule has 0 aliphatic heterocycles. The summed E-state index contributed by atoms with van der Waals surface area (Å²) in [5.41, 5.74) is 1.16. The van der Waals surface area contributed by atoms with Crippen molar-refractivity contribution in [3.8, 4) is 0 Å². The number of aromatic nitrogens is 2. The molecule has 1 saturated carbocycles. The SMILES string of the molecule is C[C@H](NC(=O)c1cc(C2CC2)on1)c1ccccn1. The predicted octanol–water partition coefficient (Wildman–Crippen LogP) is 2.44. The third kappa shape index (κ3) is 2.65. The van der Waals surface area contributed by atoms with E-state index in [9.17, 15) is 4.79 Å². The predicted molar refractivity (Wildman–Crippen MR) is 68.6 cm³/mol. The second kappa shape index (κ2) is 4.84. The summed E-state index contributed by atoms with van der Waals surface area (Å²) in [5.74, 6) is 1.05. The summed E-state index contributed by atoms with van der Waals surface area (Å²) in [5, 5.41) is 6.68. The lowest BCUT2D eigenvalue weighted by Gasteiger charge is -2.11. The van der Waals surface area contributed by atoms with Gasteiger partial charge in [-0.15, -0.1) is 0 Å². The molecular formula is C14H15N3O2. The topological polar surface area (TPSA) is 68.0 Å². The fourth-order valence-corrected chi connectivity index (χ4v) is 1.93. The molecule has 3 rings (SSSR count). The Bertz CT molecular complexity index is 575. The van der Waals surface area contributed by atoms with E-state index >= 15 is 0 Å². The Hall–Kier alpha value is -2.17. The zero-order chi connectivity index (χ0) is 13.2. The quantitative estimate of drug-likeness (QED) is 0.913. The van der Waals surface area contributed by atoms with E-state index in [4.69, 9.17) is 4.52 Å². The number of rotatable bonds is 4. The fourth-order valence-electron chi connectivity index (χ4n) is 1.93. The molecule has 0 aromatic carbocycles. The Morgan fingerprint density at radius 3 is 3.00 bits per heavy atom. The Labute approximate surface area is 111 Å². The fraction of sp³-hybridized carbons (Fsp3) is 0.357. The first-order chi connectivity index (χ1) is 9.24. The molecule has 0 radical (unpaired) electrons. The van der Waals surface area contributed by atoms with Gasteiger partial charge in [0.25, 0.3) is 5.91 Å². The van der Waals surface area contributed by atoms with Crippen molar-refractivity contribution in [2.75, 3.05) is 0 Å². The maximum atomic E-state index is 12.0. The average molecular weight is 257 g/mol. The van der Waals surface area contributed by atoms with E-state index in [0.717, 1.165) is 24.3 Å². The molecule has 5 heteroatoms. The highest BCUT2D eigenvalue weighted by Crippen LogP contribution is 2.40. The third-order valence-corrected chi connectivity index (χ3v) is 3.22. The summed E-state index contributed by atoms with van der Waals surface area (Å²) in [6.45, 7) is 1.89. The van der Waals surface area contributed by atoms with Crippen LogP contribution in [-0.2, 0) is 0 Å². The molecule has 1 fully saturated rings. The second-order valence-corrected chi connectivity index (χ2v) is 4.84. The average Bonchev–Trinajstić information content (AvgIpc) is 3.17. The first-order valence-corrected chi connectivity index (χ1v) is 6.42. The first-order valence-electron chi connectivity index (χ1n) is 6.42. The van der Waals surface area contributed by atoms with Crippen molar-refractivity contribution in [2.24, 2.45) is 0 Å². The number of nitrogens with zero attached hydrogens (tertiary/aromatic N) is 2. The Kier molecular flexibility index (Phi) is 3.03. The van der Waals surface area contributed by atoms with E-state index in [0.29, 0.717) is 11.6 Å². The molecule has 2 aromatic heterocycles. The highest BCUT2D eigenvalue weighted by atomic mass is 16.5. The molecule has 0 bridgehead atoms. The van der Waals surface area contributed by atoms with Gasteiger partial charge in [-0.05, 0) is 31.9 Å². The minimum Gasteiger partial charge on any atom is -0.360 e. The van der Waals surface area contributed by atoms with Crippen molar-refractivity contribution in [3.63, 3.8) is 0 Å². The molecular weight excluding hydrogens is 242 g/mol. The van der Waals surface area contributed by atoms with Crippen LogP contribution in [0.3, 0.4) is 0 Å². The monoisotopic (exact) mass is 257 g/mol. The maximum Gasteiger partial charge on any atom is 0.273 e. The lowest BCUT2D eigenvalue weighted by molar-refractivity contribution is 0.0930. The lowest BCUT2D eigenvalue weighted by atomic mass is 10.2. The Morgan fingerprint density at radius 1 is 1.47 bits per heavy atom. The van der Waals surface area contributed by atoms with E-state index in [1.165, 1.54) is 0 Å². The van der Waals surface area contributed by atoms with Crippen LogP contribution in [0, 0.1) is 0 Å². The Balaban J connectivity index is 1.66. The minimum atomic E-state index is -0.228. The van der Waals surface area contributed by atoms with Crippen LogP contribution in [0.1, 0.15) is 53.7 Å². The molecule has 1 aliphatic rings. The van der Waals surface area contributed by atoms with E-state index in [1.54, 1.807) is 12.3 Å². The van der Waals surface area contributed by atoms with Crippen LogP contribution in [0.25, 0.3) is 0 Å². The smallest absolute Gasteiger partial charge is 0.273 e. The molecule has 1 aliphatic carbocycles. The highest BCUT2D eigenvalue weighted by molar-refractivity contribution is 5.92. The summed E-state index contributed by atoms with van der Waals surface area (Å²) in [4.78, 5) is 16.2. The number of pyridine rings is 1. The summed E-state index contributed by atoms with van der Waals surface area (Å²) in [7, 11) is 0. The standard InChI is InChI=1S/C14H15N3O2/c1-9(11-4-2-3-7-15-11)16-14(18)12-8-13(19-17-12)10-5-6-10/h2-4,7-10H,5-6H2,1H3,(H,16,18)/t9-/m0/s1. The van der Waals surface area contributed by atoms with Gasteiger partial charge in [0, 0.05) is 18.2 Å². The van der Waals surface area contributed by atoms with E-state index in [-0.39, 0.29) is 11.9 Å². The van der Waals surface area contributed by atoms with Gasteiger partial charge in [0.2, 0.25) is 0 Å². The zero-order valence-corrected chi connectivity index (χ0v) is 10.7. The maximum absolute atomic E-state index is 12.0.